The summed E-state index contributed by atoms with van der Waals surface area (Å²) < 4.78 is 0. The van der Waals surface area contributed by atoms with Crippen LogP contribution in [0.4, 0.5) is 22.7 Å². The van der Waals surface area contributed by atoms with Gasteiger partial charge >= 0.3 is 0 Å². The van der Waals surface area contributed by atoms with Crippen molar-refractivity contribution < 1.29 is 0 Å². The minimum absolute atomic E-state index is 0.289. The number of aryl methyl sites for hydroxylation is 1. The van der Waals surface area contributed by atoms with Gasteiger partial charge < -0.3 is 10.6 Å². The predicted molar refractivity (Wildman–Crippen MR) is 252 cm³/mol. The molecule has 2 unspecified atom stereocenters. The van der Waals surface area contributed by atoms with E-state index in [-0.39, 0.29) is 11.3 Å². The molecular formula is C57H48N2. The molecule has 0 saturated carbocycles. The third-order valence-corrected chi connectivity index (χ3v) is 11.8. The van der Waals surface area contributed by atoms with Crippen molar-refractivity contribution in [3.05, 3.63) is 252 Å². The van der Waals surface area contributed by atoms with Crippen molar-refractivity contribution in [3.63, 3.8) is 0 Å². The maximum atomic E-state index is 3.79. The molecule has 2 heteroatoms. The van der Waals surface area contributed by atoms with Crippen LogP contribution in [-0.2, 0) is 5.41 Å². The molecule has 0 amide bonds. The molecule has 2 bridgehead atoms. The number of rotatable bonds is 5. The lowest BCUT2D eigenvalue weighted by Crippen LogP contribution is -2.33. The fourth-order valence-electron chi connectivity index (χ4n) is 9.13. The zero-order valence-corrected chi connectivity index (χ0v) is 33.9. The van der Waals surface area contributed by atoms with Crippen molar-refractivity contribution in [1.29, 1.82) is 0 Å². The van der Waals surface area contributed by atoms with Gasteiger partial charge in [-0.2, -0.15) is 0 Å². The lowest BCUT2D eigenvalue weighted by molar-refractivity contribution is 0.721. The van der Waals surface area contributed by atoms with Gasteiger partial charge in [0.2, 0.25) is 0 Å². The van der Waals surface area contributed by atoms with E-state index in [1.54, 1.807) is 0 Å². The second-order valence-corrected chi connectivity index (χ2v) is 15.0. The Hall–Kier alpha value is -7.16. The monoisotopic (exact) mass is 760 g/mol. The SMILES string of the molecule is C1=CC2=CC(C=C1)c1ccccc1C21c2ccccc2-c2c(Nc3ccc(-c4ccccc4)cc3)cccc21.CC.Cc1ccccc1Nc1cccc2ccccc12. The molecule has 3 aliphatic rings. The molecule has 1 spiro atoms. The Bertz CT molecular complexity index is 2860. The van der Waals surface area contributed by atoms with Gasteiger partial charge in [0.15, 0.2) is 0 Å². The van der Waals surface area contributed by atoms with Crippen LogP contribution in [0.2, 0.25) is 0 Å². The van der Waals surface area contributed by atoms with E-state index >= 15 is 0 Å². The first kappa shape index (κ1) is 37.4. The quantitative estimate of drug-likeness (QED) is 0.183. The Balaban J connectivity index is 0.000000188. The molecular weight excluding hydrogens is 713 g/mol. The molecule has 0 saturated heterocycles. The molecule has 3 aliphatic carbocycles. The van der Waals surface area contributed by atoms with Gasteiger partial charge in [0.25, 0.3) is 0 Å². The molecule has 0 radical (unpaired) electrons. The number of nitrogens with one attached hydrogen (secondary N) is 2. The van der Waals surface area contributed by atoms with Crippen LogP contribution in [0.25, 0.3) is 33.0 Å². The first-order chi connectivity index (χ1) is 29.2. The lowest BCUT2D eigenvalue weighted by atomic mass is 9.61. The van der Waals surface area contributed by atoms with Crippen molar-refractivity contribution in [2.45, 2.75) is 32.1 Å². The van der Waals surface area contributed by atoms with E-state index < -0.39 is 0 Å². The van der Waals surface area contributed by atoms with Gasteiger partial charge in [-0.05, 0) is 92.7 Å². The van der Waals surface area contributed by atoms with Crippen LogP contribution in [0.5, 0.6) is 0 Å². The van der Waals surface area contributed by atoms with E-state index in [9.17, 15) is 0 Å². The molecule has 0 aliphatic heterocycles. The zero-order valence-electron chi connectivity index (χ0n) is 33.9. The maximum Gasteiger partial charge on any atom is 0.0714 e. The van der Waals surface area contributed by atoms with Gasteiger partial charge in [-0.15, -0.1) is 0 Å². The highest BCUT2D eigenvalue weighted by Gasteiger charge is 2.50. The first-order valence-electron chi connectivity index (χ1n) is 20.8. The van der Waals surface area contributed by atoms with Crippen molar-refractivity contribution in [1.82, 2.24) is 0 Å². The summed E-state index contributed by atoms with van der Waals surface area (Å²) in [5, 5.41) is 9.82. The lowest BCUT2D eigenvalue weighted by Gasteiger charge is -2.40. The van der Waals surface area contributed by atoms with E-state index in [1.165, 1.54) is 66.4 Å². The predicted octanol–water partition coefficient (Wildman–Crippen LogP) is 15.5. The molecule has 0 fully saturated rings. The summed E-state index contributed by atoms with van der Waals surface area (Å²) >= 11 is 0. The van der Waals surface area contributed by atoms with Crippen LogP contribution in [-0.4, -0.2) is 0 Å². The largest absolute Gasteiger partial charge is 0.355 e. The van der Waals surface area contributed by atoms with Crippen LogP contribution in [0.3, 0.4) is 0 Å². The third-order valence-electron chi connectivity index (χ3n) is 11.8. The highest BCUT2D eigenvalue weighted by Crippen LogP contribution is 2.61. The maximum absolute atomic E-state index is 3.79. The average molecular weight is 761 g/mol. The van der Waals surface area contributed by atoms with Crippen molar-refractivity contribution in [2.75, 3.05) is 10.6 Å². The summed E-state index contributed by atoms with van der Waals surface area (Å²) in [5.41, 5.74) is 17.3. The Labute approximate surface area is 348 Å². The number of allylic oxidation sites excluding steroid dienone is 6. The molecule has 2 atom stereocenters. The topological polar surface area (TPSA) is 24.1 Å². The van der Waals surface area contributed by atoms with E-state index in [4.69, 9.17) is 0 Å². The first-order valence-corrected chi connectivity index (χ1v) is 20.8. The molecule has 2 nitrogen and oxygen atoms in total. The Morgan fingerprint density at radius 1 is 0.475 bits per heavy atom. The number of hydrogen-bond donors (Lipinski definition) is 2. The van der Waals surface area contributed by atoms with Gasteiger partial charge in [0.05, 0.1) is 5.41 Å². The summed E-state index contributed by atoms with van der Waals surface area (Å²) in [4.78, 5) is 0. The standard InChI is InChI=1S/C38H27N.C17H15N.C2H6/c1-2-11-26(12-3-1)27-21-23-30(24-22-27)39-36-20-10-19-35-37(36)32-16-7-9-18-34(32)38(35)29-14-5-4-13-28(25-29)31-15-6-8-17-33(31)38;1-13-7-2-5-11-16(13)18-17-12-6-9-14-8-3-4-10-15(14)17;1-2/h1-25,28,39H;2-12,18H,1H3;1-2H3. The summed E-state index contributed by atoms with van der Waals surface area (Å²) in [6.45, 7) is 6.12. The molecule has 8 aromatic carbocycles. The van der Waals surface area contributed by atoms with E-state index in [0.717, 1.165) is 22.7 Å². The van der Waals surface area contributed by atoms with Gasteiger partial charge in [-0.25, -0.2) is 0 Å². The van der Waals surface area contributed by atoms with Gasteiger partial charge in [0, 0.05) is 39.6 Å². The molecule has 59 heavy (non-hydrogen) atoms. The highest BCUT2D eigenvalue weighted by atomic mass is 14.9. The van der Waals surface area contributed by atoms with Gasteiger partial charge in [0.1, 0.15) is 0 Å². The number of benzene rings is 8. The fourth-order valence-corrected chi connectivity index (χ4v) is 9.13. The Morgan fingerprint density at radius 3 is 1.95 bits per heavy atom. The smallest absolute Gasteiger partial charge is 0.0714 e. The highest BCUT2D eigenvalue weighted by molar-refractivity contribution is 5.96. The molecule has 286 valence electrons. The summed E-state index contributed by atoms with van der Waals surface area (Å²) in [7, 11) is 0. The minimum Gasteiger partial charge on any atom is -0.355 e. The van der Waals surface area contributed by atoms with Crippen molar-refractivity contribution in [2.24, 2.45) is 0 Å². The van der Waals surface area contributed by atoms with E-state index in [0.29, 0.717) is 0 Å². The molecule has 8 aromatic rings. The van der Waals surface area contributed by atoms with Crippen LogP contribution >= 0.6 is 0 Å². The molecule has 11 rings (SSSR count). The van der Waals surface area contributed by atoms with Crippen LogP contribution in [0, 0.1) is 6.92 Å². The third kappa shape index (κ3) is 6.77. The molecule has 2 N–H and O–H groups in total. The van der Waals surface area contributed by atoms with Crippen molar-refractivity contribution in [3.8, 4) is 22.3 Å². The minimum atomic E-state index is -0.337. The number of para-hydroxylation sites is 1. The fraction of sp³-hybridized carbons (Fsp3) is 0.0877. The van der Waals surface area contributed by atoms with Gasteiger partial charge in [-0.3, -0.25) is 0 Å². The summed E-state index contributed by atoms with van der Waals surface area (Å²) in [5.74, 6) is 0.289. The number of fused-ring (bicyclic) bond motifs is 11. The second kappa shape index (κ2) is 16.4. The Kier molecular flexibility index (Phi) is 10.4. The van der Waals surface area contributed by atoms with Crippen LogP contribution < -0.4 is 10.6 Å². The van der Waals surface area contributed by atoms with Gasteiger partial charge in [-0.1, -0.05) is 202 Å². The number of hydrogen-bond acceptors (Lipinski definition) is 2. The average Bonchev–Trinajstić information content (AvgIpc) is 3.42. The molecule has 0 heterocycles. The zero-order chi connectivity index (χ0) is 40.2. The molecule has 0 aromatic heterocycles. The summed E-state index contributed by atoms with van der Waals surface area (Å²) in [6, 6.07) is 67.2. The Morgan fingerprint density at radius 2 is 1.10 bits per heavy atom. The van der Waals surface area contributed by atoms with Crippen LogP contribution in [0.1, 0.15) is 47.6 Å². The van der Waals surface area contributed by atoms with E-state index in [1.807, 2.05) is 13.8 Å². The van der Waals surface area contributed by atoms with E-state index in [2.05, 4.69) is 236 Å². The summed E-state index contributed by atoms with van der Waals surface area (Å²) in [6.07, 6.45) is 11.5. The second-order valence-electron chi connectivity index (χ2n) is 15.0. The van der Waals surface area contributed by atoms with Crippen LogP contribution in [0.15, 0.2) is 224 Å². The van der Waals surface area contributed by atoms with Crippen molar-refractivity contribution >= 4 is 33.5 Å². The number of anilines is 4. The normalized spacial score (nSPS) is 16.3.